The minimum absolute atomic E-state index is 1.18. The maximum Gasteiger partial charge on any atom is -0.0318 e. The van der Waals surface area contributed by atoms with Crippen molar-refractivity contribution in [2.24, 2.45) is 0 Å². The molecule has 0 aliphatic carbocycles. The molecule has 0 unspecified atom stereocenters. The summed E-state index contributed by atoms with van der Waals surface area (Å²) in [5.41, 5.74) is 1.37. The summed E-state index contributed by atoms with van der Waals surface area (Å²) in [7, 11) is 0. The zero-order valence-electron chi connectivity index (χ0n) is 4.94. The molecule has 0 radical (unpaired) electrons. The van der Waals surface area contributed by atoms with Gasteiger partial charge in [0, 0.05) is 0 Å². The van der Waals surface area contributed by atoms with Gasteiger partial charge in [-0.25, -0.2) is 0 Å². The molecule has 7 heavy (non-hydrogen) atoms. The smallest absolute Gasteiger partial charge is 0.0318 e. The van der Waals surface area contributed by atoms with E-state index in [1.807, 2.05) is 5.41 Å². The van der Waals surface area contributed by atoms with E-state index in [4.69, 9.17) is 0 Å². The molecule has 0 rings (SSSR count). The van der Waals surface area contributed by atoms with Gasteiger partial charge in [0.1, 0.15) is 0 Å². The summed E-state index contributed by atoms with van der Waals surface area (Å²) in [4.78, 5) is 0. The standard InChI is InChI=1S/C6H12S/c1-3-4-6(2)5-7/h5,7H,3-4H2,1-2H3/b6-5+. The molecule has 0 saturated heterocycles. The van der Waals surface area contributed by atoms with Crippen molar-refractivity contribution >= 4 is 12.6 Å². The minimum atomic E-state index is 1.18. The highest BCUT2D eigenvalue weighted by molar-refractivity contribution is 7.83. The Morgan fingerprint density at radius 3 is 2.43 bits per heavy atom. The Hall–Kier alpha value is 0.0900. The molecule has 0 aromatic heterocycles. The van der Waals surface area contributed by atoms with E-state index in [0.717, 1.165) is 0 Å². The Bertz CT molecular complexity index is 64.6. The molecule has 0 nitrogen and oxygen atoms in total. The molecule has 0 aromatic rings. The number of rotatable bonds is 2. The first-order valence-corrected chi connectivity index (χ1v) is 3.12. The van der Waals surface area contributed by atoms with Crippen LogP contribution < -0.4 is 0 Å². The second kappa shape index (κ2) is 4.25. The van der Waals surface area contributed by atoms with Crippen molar-refractivity contribution in [3.63, 3.8) is 0 Å². The summed E-state index contributed by atoms with van der Waals surface area (Å²) < 4.78 is 0. The number of hydrogen-bond donors (Lipinski definition) is 1. The van der Waals surface area contributed by atoms with Gasteiger partial charge in [-0.3, -0.25) is 0 Å². The molecule has 42 valence electrons. The van der Waals surface area contributed by atoms with Crippen molar-refractivity contribution in [3.05, 3.63) is 11.0 Å². The molecule has 0 N–H and O–H groups in total. The van der Waals surface area contributed by atoms with Gasteiger partial charge < -0.3 is 0 Å². The van der Waals surface area contributed by atoms with Crippen LogP contribution in [0.15, 0.2) is 11.0 Å². The van der Waals surface area contributed by atoms with Gasteiger partial charge in [0.25, 0.3) is 0 Å². The first kappa shape index (κ1) is 7.09. The van der Waals surface area contributed by atoms with Gasteiger partial charge in [-0.05, 0) is 18.8 Å². The lowest BCUT2D eigenvalue weighted by Gasteiger charge is -1.90. The highest BCUT2D eigenvalue weighted by Gasteiger charge is 1.80. The summed E-state index contributed by atoms with van der Waals surface area (Å²) in [6.45, 7) is 4.26. The lowest BCUT2D eigenvalue weighted by atomic mass is 10.2. The third-order valence-corrected chi connectivity index (χ3v) is 1.31. The van der Waals surface area contributed by atoms with E-state index < -0.39 is 0 Å². The molecule has 0 atom stereocenters. The van der Waals surface area contributed by atoms with Crippen molar-refractivity contribution < 1.29 is 0 Å². The highest BCUT2D eigenvalue weighted by atomic mass is 32.1. The second-order valence-corrected chi connectivity index (χ2v) is 1.98. The second-order valence-electron chi connectivity index (χ2n) is 1.73. The molecular formula is C6H12S. The zero-order valence-corrected chi connectivity index (χ0v) is 5.83. The van der Waals surface area contributed by atoms with E-state index in [2.05, 4.69) is 26.5 Å². The van der Waals surface area contributed by atoms with E-state index in [0.29, 0.717) is 0 Å². The third-order valence-electron chi connectivity index (χ3n) is 0.865. The summed E-state index contributed by atoms with van der Waals surface area (Å²) in [5, 5.41) is 1.86. The van der Waals surface area contributed by atoms with Crippen molar-refractivity contribution in [2.45, 2.75) is 26.7 Å². The van der Waals surface area contributed by atoms with Crippen molar-refractivity contribution in [3.8, 4) is 0 Å². The van der Waals surface area contributed by atoms with Crippen molar-refractivity contribution in [1.82, 2.24) is 0 Å². The Morgan fingerprint density at radius 1 is 1.71 bits per heavy atom. The van der Waals surface area contributed by atoms with Gasteiger partial charge in [-0.15, -0.1) is 0 Å². The third kappa shape index (κ3) is 3.93. The maximum atomic E-state index is 3.99. The lowest BCUT2D eigenvalue weighted by molar-refractivity contribution is 0.908. The van der Waals surface area contributed by atoms with Gasteiger partial charge in [-0.2, -0.15) is 12.6 Å². The van der Waals surface area contributed by atoms with E-state index in [1.54, 1.807) is 0 Å². The Labute approximate surface area is 51.0 Å². The zero-order chi connectivity index (χ0) is 5.70. The fourth-order valence-electron chi connectivity index (χ4n) is 0.459. The summed E-state index contributed by atoms with van der Waals surface area (Å²) >= 11 is 3.99. The van der Waals surface area contributed by atoms with E-state index in [9.17, 15) is 0 Å². The number of thiol groups is 1. The Balaban J connectivity index is 3.17. The molecule has 0 bridgehead atoms. The molecule has 0 amide bonds. The molecule has 0 fully saturated rings. The summed E-state index contributed by atoms with van der Waals surface area (Å²) in [6, 6.07) is 0. The Morgan fingerprint density at radius 2 is 2.29 bits per heavy atom. The quantitative estimate of drug-likeness (QED) is 0.527. The van der Waals surface area contributed by atoms with Crippen LogP contribution in [0.3, 0.4) is 0 Å². The molecular weight excluding hydrogens is 104 g/mol. The average Bonchev–Trinajstić information content (AvgIpc) is 1.68. The fraction of sp³-hybridized carbons (Fsp3) is 0.667. The van der Waals surface area contributed by atoms with Crippen molar-refractivity contribution in [1.29, 1.82) is 0 Å². The first-order valence-electron chi connectivity index (χ1n) is 2.61. The van der Waals surface area contributed by atoms with Crippen LogP contribution in [-0.2, 0) is 0 Å². The SMILES string of the molecule is CCC/C(C)=C/S. The van der Waals surface area contributed by atoms with Gasteiger partial charge in [0.2, 0.25) is 0 Å². The molecule has 0 aliphatic rings. The van der Waals surface area contributed by atoms with Crippen LogP contribution in [0.2, 0.25) is 0 Å². The van der Waals surface area contributed by atoms with Gasteiger partial charge >= 0.3 is 0 Å². The van der Waals surface area contributed by atoms with Gasteiger partial charge in [0.05, 0.1) is 0 Å². The fourth-order valence-corrected chi connectivity index (χ4v) is 0.588. The first-order chi connectivity index (χ1) is 3.31. The topological polar surface area (TPSA) is 0 Å². The molecule has 0 aliphatic heterocycles. The lowest BCUT2D eigenvalue weighted by Crippen LogP contribution is -1.69. The summed E-state index contributed by atoms with van der Waals surface area (Å²) in [5.74, 6) is 0. The number of hydrogen-bond acceptors (Lipinski definition) is 1. The van der Waals surface area contributed by atoms with Crippen LogP contribution in [0.25, 0.3) is 0 Å². The van der Waals surface area contributed by atoms with Gasteiger partial charge in [0.15, 0.2) is 0 Å². The summed E-state index contributed by atoms with van der Waals surface area (Å²) in [6.07, 6.45) is 2.41. The van der Waals surface area contributed by atoms with Crippen LogP contribution in [0.4, 0.5) is 0 Å². The largest absolute Gasteiger partial charge is 0.151 e. The van der Waals surface area contributed by atoms with Crippen LogP contribution in [0, 0.1) is 0 Å². The molecule has 0 saturated carbocycles. The predicted molar refractivity (Wildman–Crippen MR) is 37.7 cm³/mol. The Kier molecular flexibility index (Phi) is 4.31. The maximum absolute atomic E-state index is 3.99. The van der Waals surface area contributed by atoms with E-state index in [-0.39, 0.29) is 0 Å². The number of allylic oxidation sites excluding steroid dienone is 1. The monoisotopic (exact) mass is 116 g/mol. The van der Waals surface area contributed by atoms with Crippen LogP contribution >= 0.6 is 12.6 Å². The normalized spacial score (nSPS) is 12.1. The van der Waals surface area contributed by atoms with Crippen molar-refractivity contribution in [2.75, 3.05) is 0 Å². The van der Waals surface area contributed by atoms with Crippen LogP contribution in [0.5, 0.6) is 0 Å². The molecule has 0 heterocycles. The molecule has 0 spiro atoms. The highest BCUT2D eigenvalue weighted by Crippen LogP contribution is 2.02. The van der Waals surface area contributed by atoms with E-state index in [1.165, 1.54) is 18.4 Å². The predicted octanol–water partition coefficient (Wildman–Crippen LogP) is 2.62. The van der Waals surface area contributed by atoms with Crippen LogP contribution in [0.1, 0.15) is 26.7 Å². The molecule has 0 aromatic carbocycles. The average molecular weight is 116 g/mol. The minimum Gasteiger partial charge on any atom is -0.151 e. The van der Waals surface area contributed by atoms with E-state index >= 15 is 0 Å². The van der Waals surface area contributed by atoms with Crippen LogP contribution in [-0.4, -0.2) is 0 Å². The molecule has 1 heteroatoms. The van der Waals surface area contributed by atoms with Gasteiger partial charge in [-0.1, -0.05) is 18.9 Å².